The second-order valence-corrected chi connectivity index (χ2v) is 6.08. The van der Waals surface area contributed by atoms with E-state index in [1.54, 1.807) is 12.1 Å². The summed E-state index contributed by atoms with van der Waals surface area (Å²) in [5, 5.41) is 3.31. The number of hydrogen-bond donors (Lipinski definition) is 2. The Kier molecular flexibility index (Phi) is 4.31. The molecular formula is C16H22FN3O2. The van der Waals surface area contributed by atoms with E-state index in [9.17, 15) is 4.39 Å². The molecule has 1 aromatic carbocycles. The first-order chi connectivity index (χ1) is 10.6. The quantitative estimate of drug-likeness (QED) is 0.893. The van der Waals surface area contributed by atoms with Crippen molar-refractivity contribution in [2.75, 3.05) is 31.7 Å². The van der Waals surface area contributed by atoms with Gasteiger partial charge in [0, 0.05) is 24.4 Å². The van der Waals surface area contributed by atoms with E-state index >= 15 is 0 Å². The molecule has 3 rings (SSSR count). The molecule has 0 bridgehead atoms. The molecule has 22 heavy (non-hydrogen) atoms. The molecule has 2 aliphatic rings. The van der Waals surface area contributed by atoms with Gasteiger partial charge in [-0.3, -0.25) is 4.99 Å². The second kappa shape index (κ2) is 6.22. The minimum atomic E-state index is -0.784. The van der Waals surface area contributed by atoms with Gasteiger partial charge in [-0.25, -0.2) is 4.39 Å². The molecule has 2 atom stereocenters. The lowest BCUT2D eigenvalue weighted by Crippen LogP contribution is -2.38. The summed E-state index contributed by atoms with van der Waals surface area (Å²) in [4.78, 5) is 4.40. The van der Waals surface area contributed by atoms with Gasteiger partial charge < -0.3 is 20.5 Å². The van der Waals surface area contributed by atoms with Gasteiger partial charge in [0.2, 0.25) is 0 Å². The highest BCUT2D eigenvalue weighted by atomic mass is 19.1. The molecule has 5 nitrogen and oxygen atoms in total. The van der Waals surface area contributed by atoms with Gasteiger partial charge in [0.05, 0.1) is 12.7 Å². The van der Waals surface area contributed by atoms with Gasteiger partial charge in [0.1, 0.15) is 23.8 Å². The van der Waals surface area contributed by atoms with Gasteiger partial charge in [0.15, 0.2) is 0 Å². The van der Waals surface area contributed by atoms with E-state index < -0.39 is 5.54 Å². The molecule has 1 fully saturated rings. The summed E-state index contributed by atoms with van der Waals surface area (Å²) in [6, 6.07) is 4.97. The average molecular weight is 307 g/mol. The van der Waals surface area contributed by atoms with Gasteiger partial charge in [-0.2, -0.15) is 0 Å². The third kappa shape index (κ3) is 3.23. The number of aliphatic imine (C=N–C) groups is 1. The van der Waals surface area contributed by atoms with Crippen molar-refractivity contribution in [2.45, 2.75) is 31.4 Å². The van der Waals surface area contributed by atoms with Crippen LogP contribution >= 0.6 is 0 Å². The summed E-state index contributed by atoms with van der Waals surface area (Å²) in [6.45, 7) is 4.00. The van der Waals surface area contributed by atoms with E-state index in [1.807, 2.05) is 6.92 Å². The van der Waals surface area contributed by atoms with Crippen molar-refractivity contribution in [1.82, 2.24) is 0 Å². The van der Waals surface area contributed by atoms with Crippen molar-refractivity contribution in [3.05, 3.63) is 29.6 Å². The summed E-state index contributed by atoms with van der Waals surface area (Å²) in [7, 11) is 0. The van der Waals surface area contributed by atoms with Crippen LogP contribution in [0.25, 0.3) is 0 Å². The van der Waals surface area contributed by atoms with E-state index in [0.717, 1.165) is 31.7 Å². The predicted octanol–water partition coefficient (Wildman–Crippen LogP) is 2.02. The minimum absolute atomic E-state index is 0.232. The van der Waals surface area contributed by atoms with E-state index in [1.165, 1.54) is 6.07 Å². The Labute approximate surface area is 129 Å². The Balaban J connectivity index is 1.78. The lowest BCUT2D eigenvalue weighted by molar-refractivity contribution is 0.104. The molecule has 0 spiro atoms. The Morgan fingerprint density at radius 2 is 2.36 bits per heavy atom. The topological polar surface area (TPSA) is 68.9 Å². The number of anilines is 1. The van der Waals surface area contributed by atoms with Crippen LogP contribution < -0.4 is 11.1 Å². The van der Waals surface area contributed by atoms with Crippen LogP contribution in [-0.4, -0.2) is 38.3 Å². The van der Waals surface area contributed by atoms with Crippen LogP contribution in [0.15, 0.2) is 23.2 Å². The maximum Gasteiger partial charge on any atom is 0.129 e. The van der Waals surface area contributed by atoms with Crippen molar-refractivity contribution in [3.63, 3.8) is 0 Å². The lowest BCUT2D eigenvalue weighted by Gasteiger charge is -2.30. The minimum Gasteiger partial charge on any atom is -0.386 e. The van der Waals surface area contributed by atoms with E-state index in [-0.39, 0.29) is 11.9 Å². The van der Waals surface area contributed by atoms with Crippen LogP contribution in [0.5, 0.6) is 0 Å². The van der Waals surface area contributed by atoms with Crippen LogP contribution in [0.4, 0.5) is 10.1 Å². The highest BCUT2D eigenvalue weighted by Gasteiger charge is 2.32. The molecule has 1 saturated heterocycles. The predicted molar refractivity (Wildman–Crippen MR) is 83.7 cm³/mol. The van der Waals surface area contributed by atoms with Crippen LogP contribution in [0.2, 0.25) is 0 Å². The Morgan fingerprint density at radius 3 is 3.09 bits per heavy atom. The number of nitrogens with two attached hydrogens (primary N) is 1. The first-order valence-corrected chi connectivity index (χ1v) is 7.64. The largest absolute Gasteiger partial charge is 0.386 e. The third-order valence-corrected chi connectivity index (χ3v) is 4.13. The lowest BCUT2D eigenvalue weighted by atomic mass is 9.92. The fourth-order valence-electron chi connectivity index (χ4n) is 2.96. The third-order valence-electron chi connectivity index (χ3n) is 4.13. The SMILES string of the molecule is C[C@@]1(c2cc(NC[C@H]3CCCO3)ccc2F)COCC(N)=N1. The summed E-state index contributed by atoms with van der Waals surface area (Å²) in [6.07, 6.45) is 2.40. The van der Waals surface area contributed by atoms with Crippen LogP contribution in [0, 0.1) is 5.82 Å². The van der Waals surface area contributed by atoms with Crippen LogP contribution in [0.3, 0.4) is 0 Å². The number of benzene rings is 1. The van der Waals surface area contributed by atoms with E-state index in [0.29, 0.717) is 24.6 Å². The van der Waals surface area contributed by atoms with Gasteiger partial charge in [-0.15, -0.1) is 0 Å². The van der Waals surface area contributed by atoms with Gasteiger partial charge in [0.25, 0.3) is 0 Å². The number of halogens is 1. The zero-order valence-corrected chi connectivity index (χ0v) is 12.8. The zero-order valence-electron chi connectivity index (χ0n) is 12.8. The number of nitrogens with zero attached hydrogens (tertiary/aromatic N) is 1. The van der Waals surface area contributed by atoms with E-state index in [2.05, 4.69) is 10.3 Å². The van der Waals surface area contributed by atoms with Crippen molar-refractivity contribution < 1.29 is 13.9 Å². The first-order valence-electron chi connectivity index (χ1n) is 7.64. The number of nitrogens with one attached hydrogen (secondary N) is 1. The number of amidine groups is 1. The number of ether oxygens (including phenoxy) is 2. The molecule has 120 valence electrons. The first kappa shape index (κ1) is 15.2. The highest BCUT2D eigenvalue weighted by Crippen LogP contribution is 2.32. The molecule has 6 heteroatoms. The Bertz CT molecular complexity index is 573. The monoisotopic (exact) mass is 307 g/mol. The fraction of sp³-hybridized carbons (Fsp3) is 0.562. The molecule has 1 aromatic rings. The summed E-state index contributed by atoms with van der Waals surface area (Å²) < 4.78 is 25.3. The molecule has 3 N–H and O–H groups in total. The standard InChI is InChI=1S/C16H22FN3O2/c1-16(10-21-9-15(18)20-16)13-7-11(4-5-14(13)17)19-8-12-3-2-6-22-12/h4-5,7,12,19H,2-3,6,8-10H2,1H3,(H2,18,20)/t12-,16+/m1/s1. The zero-order chi connectivity index (χ0) is 15.6. The molecule has 0 saturated carbocycles. The maximum atomic E-state index is 14.2. The van der Waals surface area contributed by atoms with Gasteiger partial charge in [-0.1, -0.05) is 0 Å². The van der Waals surface area contributed by atoms with Crippen molar-refractivity contribution in [2.24, 2.45) is 10.7 Å². The summed E-state index contributed by atoms with van der Waals surface area (Å²) in [5.41, 5.74) is 6.31. The van der Waals surface area contributed by atoms with Crippen LogP contribution in [0.1, 0.15) is 25.3 Å². The van der Waals surface area contributed by atoms with Crippen molar-refractivity contribution in [1.29, 1.82) is 0 Å². The smallest absolute Gasteiger partial charge is 0.129 e. The number of hydrogen-bond acceptors (Lipinski definition) is 5. The fourth-order valence-corrected chi connectivity index (χ4v) is 2.96. The van der Waals surface area contributed by atoms with Crippen LogP contribution in [-0.2, 0) is 15.0 Å². The molecule has 0 aromatic heterocycles. The summed E-state index contributed by atoms with van der Waals surface area (Å²) >= 11 is 0. The Morgan fingerprint density at radius 1 is 1.50 bits per heavy atom. The molecule has 0 aliphatic carbocycles. The molecule has 0 radical (unpaired) electrons. The second-order valence-electron chi connectivity index (χ2n) is 6.08. The molecule has 2 aliphatic heterocycles. The van der Waals surface area contributed by atoms with Crippen molar-refractivity contribution in [3.8, 4) is 0 Å². The maximum absolute atomic E-state index is 14.2. The summed E-state index contributed by atoms with van der Waals surface area (Å²) in [5.74, 6) is 0.0954. The molecule has 0 unspecified atom stereocenters. The average Bonchev–Trinajstić information content (AvgIpc) is 2.99. The Hall–Kier alpha value is -1.66. The highest BCUT2D eigenvalue weighted by molar-refractivity contribution is 5.82. The van der Waals surface area contributed by atoms with E-state index in [4.69, 9.17) is 15.2 Å². The molecule has 0 amide bonds. The molecular weight excluding hydrogens is 285 g/mol. The van der Waals surface area contributed by atoms with Gasteiger partial charge in [-0.05, 0) is 38.0 Å². The van der Waals surface area contributed by atoms with Gasteiger partial charge >= 0.3 is 0 Å². The van der Waals surface area contributed by atoms with Crippen molar-refractivity contribution >= 4 is 11.5 Å². The number of rotatable bonds is 4. The molecule has 2 heterocycles. The normalized spacial score (nSPS) is 28.5.